The van der Waals surface area contributed by atoms with Crippen molar-refractivity contribution in [1.29, 1.82) is 0 Å². The molecule has 0 radical (unpaired) electrons. The summed E-state index contributed by atoms with van der Waals surface area (Å²) in [7, 11) is 0. The summed E-state index contributed by atoms with van der Waals surface area (Å²) in [6.45, 7) is 3.51. The van der Waals surface area contributed by atoms with Gasteiger partial charge in [0.05, 0.1) is 5.92 Å². The summed E-state index contributed by atoms with van der Waals surface area (Å²) < 4.78 is 13.2. The van der Waals surface area contributed by atoms with E-state index >= 15 is 0 Å². The maximum atomic E-state index is 13.2. The molecule has 2 atom stereocenters. The SMILES string of the molecule is CC(C(=O)O)C(C)C(=O)N(Cc1cccc(F)c1)C1CC1. The minimum atomic E-state index is -0.975. The quantitative estimate of drug-likeness (QED) is 0.877. The standard InChI is InChI=1S/C16H20FNO3/c1-10(11(2)16(20)21)15(19)18(14-6-7-14)9-12-4-3-5-13(17)8-12/h3-5,8,10-11,14H,6-7,9H2,1-2H3,(H,20,21). The molecular formula is C16H20FNO3. The van der Waals surface area contributed by atoms with Crippen LogP contribution < -0.4 is 0 Å². The highest BCUT2D eigenvalue weighted by Crippen LogP contribution is 2.31. The van der Waals surface area contributed by atoms with E-state index in [4.69, 9.17) is 5.11 Å². The molecular weight excluding hydrogens is 273 g/mol. The van der Waals surface area contributed by atoms with E-state index in [9.17, 15) is 14.0 Å². The van der Waals surface area contributed by atoms with Crippen LogP contribution in [0.15, 0.2) is 24.3 Å². The van der Waals surface area contributed by atoms with E-state index in [0.29, 0.717) is 6.54 Å². The van der Waals surface area contributed by atoms with Crippen LogP contribution in [0.3, 0.4) is 0 Å². The molecule has 21 heavy (non-hydrogen) atoms. The Labute approximate surface area is 123 Å². The van der Waals surface area contributed by atoms with Crippen LogP contribution >= 0.6 is 0 Å². The van der Waals surface area contributed by atoms with E-state index in [1.54, 1.807) is 24.0 Å². The molecule has 2 rings (SSSR count). The van der Waals surface area contributed by atoms with Gasteiger partial charge in [0.15, 0.2) is 0 Å². The van der Waals surface area contributed by atoms with E-state index < -0.39 is 17.8 Å². The van der Waals surface area contributed by atoms with Gasteiger partial charge < -0.3 is 10.0 Å². The molecule has 0 aliphatic heterocycles. The van der Waals surface area contributed by atoms with Crippen LogP contribution in [0.4, 0.5) is 4.39 Å². The number of carboxylic acid groups (broad SMARTS) is 1. The van der Waals surface area contributed by atoms with Crippen LogP contribution in [0.2, 0.25) is 0 Å². The molecule has 1 fully saturated rings. The lowest BCUT2D eigenvalue weighted by Crippen LogP contribution is -2.40. The third kappa shape index (κ3) is 3.80. The zero-order valence-electron chi connectivity index (χ0n) is 12.3. The summed E-state index contributed by atoms with van der Waals surface area (Å²) in [6.07, 6.45) is 1.85. The molecule has 1 aliphatic rings. The van der Waals surface area contributed by atoms with Crippen molar-refractivity contribution in [1.82, 2.24) is 4.90 Å². The molecule has 4 nitrogen and oxygen atoms in total. The van der Waals surface area contributed by atoms with Crippen LogP contribution in [-0.2, 0) is 16.1 Å². The molecule has 114 valence electrons. The molecule has 0 spiro atoms. The number of carbonyl (C=O) groups is 2. The lowest BCUT2D eigenvalue weighted by molar-refractivity contribution is -0.149. The predicted octanol–water partition coefficient (Wildman–Crippen LogP) is 2.67. The highest BCUT2D eigenvalue weighted by molar-refractivity contribution is 5.84. The van der Waals surface area contributed by atoms with Crippen molar-refractivity contribution in [2.24, 2.45) is 11.8 Å². The Kier molecular flexibility index (Phi) is 4.60. The van der Waals surface area contributed by atoms with Crippen molar-refractivity contribution < 1.29 is 19.1 Å². The van der Waals surface area contributed by atoms with Crippen molar-refractivity contribution in [2.45, 2.75) is 39.3 Å². The van der Waals surface area contributed by atoms with E-state index in [0.717, 1.165) is 18.4 Å². The maximum absolute atomic E-state index is 13.2. The molecule has 0 aromatic heterocycles. The largest absolute Gasteiger partial charge is 0.481 e. The van der Waals surface area contributed by atoms with Gasteiger partial charge in [-0.3, -0.25) is 9.59 Å². The summed E-state index contributed by atoms with van der Waals surface area (Å²) in [5, 5.41) is 9.04. The molecule has 0 bridgehead atoms. The Bertz CT molecular complexity index is 542. The molecule has 1 N–H and O–H groups in total. The van der Waals surface area contributed by atoms with E-state index in [2.05, 4.69) is 0 Å². The monoisotopic (exact) mass is 293 g/mol. The lowest BCUT2D eigenvalue weighted by Gasteiger charge is -2.27. The molecule has 1 aromatic carbocycles. The molecule has 1 aliphatic carbocycles. The number of carbonyl (C=O) groups excluding carboxylic acids is 1. The third-order valence-electron chi connectivity index (χ3n) is 4.04. The van der Waals surface area contributed by atoms with Gasteiger partial charge in [0.2, 0.25) is 5.91 Å². The Morgan fingerprint density at radius 1 is 1.33 bits per heavy atom. The smallest absolute Gasteiger partial charge is 0.307 e. The van der Waals surface area contributed by atoms with Crippen LogP contribution in [0.25, 0.3) is 0 Å². The highest BCUT2D eigenvalue weighted by atomic mass is 19.1. The minimum absolute atomic E-state index is 0.157. The van der Waals surface area contributed by atoms with Crippen LogP contribution in [0, 0.1) is 17.7 Å². The first-order valence-electron chi connectivity index (χ1n) is 7.18. The number of amides is 1. The maximum Gasteiger partial charge on any atom is 0.307 e. The second-order valence-corrected chi connectivity index (χ2v) is 5.74. The summed E-state index contributed by atoms with van der Waals surface area (Å²) in [4.78, 5) is 25.3. The van der Waals surface area contributed by atoms with Crippen molar-refractivity contribution in [3.63, 3.8) is 0 Å². The Morgan fingerprint density at radius 2 is 2.00 bits per heavy atom. The molecule has 2 unspecified atom stereocenters. The normalized spacial score (nSPS) is 17.1. The van der Waals surface area contributed by atoms with Gasteiger partial charge >= 0.3 is 5.97 Å². The summed E-state index contributed by atoms with van der Waals surface area (Å²) in [5.41, 5.74) is 0.727. The fourth-order valence-electron chi connectivity index (χ4n) is 2.29. The number of hydrogen-bond acceptors (Lipinski definition) is 2. The predicted molar refractivity (Wildman–Crippen MR) is 75.9 cm³/mol. The van der Waals surface area contributed by atoms with Crippen LogP contribution in [0.5, 0.6) is 0 Å². The van der Waals surface area contributed by atoms with Crippen molar-refractivity contribution in [3.8, 4) is 0 Å². The Morgan fingerprint density at radius 3 is 2.52 bits per heavy atom. The summed E-state index contributed by atoms with van der Waals surface area (Å²) in [5.74, 6) is -2.79. The first-order valence-corrected chi connectivity index (χ1v) is 7.18. The number of rotatable bonds is 6. The lowest BCUT2D eigenvalue weighted by atomic mass is 9.94. The van der Waals surface area contributed by atoms with Crippen molar-refractivity contribution >= 4 is 11.9 Å². The van der Waals surface area contributed by atoms with Gasteiger partial charge in [-0.25, -0.2) is 4.39 Å². The second-order valence-electron chi connectivity index (χ2n) is 5.74. The molecule has 0 saturated heterocycles. The number of hydrogen-bond donors (Lipinski definition) is 1. The zero-order valence-corrected chi connectivity index (χ0v) is 12.3. The van der Waals surface area contributed by atoms with Gasteiger partial charge in [0, 0.05) is 18.5 Å². The fraction of sp³-hybridized carbons (Fsp3) is 0.500. The summed E-state index contributed by atoms with van der Waals surface area (Å²) in [6, 6.07) is 6.32. The van der Waals surface area contributed by atoms with Crippen molar-refractivity contribution in [3.05, 3.63) is 35.6 Å². The third-order valence-corrected chi connectivity index (χ3v) is 4.04. The zero-order chi connectivity index (χ0) is 15.6. The highest BCUT2D eigenvalue weighted by Gasteiger charge is 2.37. The fourth-order valence-corrected chi connectivity index (χ4v) is 2.29. The minimum Gasteiger partial charge on any atom is -0.481 e. The number of halogens is 1. The first-order chi connectivity index (χ1) is 9.90. The number of carboxylic acids is 1. The molecule has 1 saturated carbocycles. The topological polar surface area (TPSA) is 57.6 Å². The van der Waals surface area contributed by atoms with Crippen LogP contribution in [-0.4, -0.2) is 27.9 Å². The molecule has 1 amide bonds. The van der Waals surface area contributed by atoms with Crippen molar-refractivity contribution in [2.75, 3.05) is 0 Å². The van der Waals surface area contributed by atoms with E-state index in [1.165, 1.54) is 19.1 Å². The van der Waals surface area contributed by atoms with Gasteiger partial charge in [-0.15, -0.1) is 0 Å². The number of benzene rings is 1. The van der Waals surface area contributed by atoms with Gasteiger partial charge in [-0.05, 0) is 30.5 Å². The second kappa shape index (κ2) is 6.24. The Balaban J connectivity index is 2.12. The number of nitrogens with zero attached hydrogens (tertiary/aromatic N) is 1. The number of aliphatic carboxylic acids is 1. The van der Waals surface area contributed by atoms with E-state index in [-0.39, 0.29) is 17.8 Å². The molecule has 5 heteroatoms. The van der Waals surface area contributed by atoms with Gasteiger partial charge in [-0.1, -0.05) is 26.0 Å². The first kappa shape index (κ1) is 15.5. The van der Waals surface area contributed by atoms with Gasteiger partial charge in [0.25, 0.3) is 0 Å². The Hall–Kier alpha value is -1.91. The van der Waals surface area contributed by atoms with Gasteiger partial charge in [0.1, 0.15) is 5.82 Å². The average molecular weight is 293 g/mol. The molecule has 1 aromatic rings. The van der Waals surface area contributed by atoms with Crippen LogP contribution in [0.1, 0.15) is 32.3 Å². The summed E-state index contributed by atoms with van der Waals surface area (Å²) >= 11 is 0. The van der Waals surface area contributed by atoms with Gasteiger partial charge in [-0.2, -0.15) is 0 Å². The average Bonchev–Trinajstić information content (AvgIpc) is 3.27. The molecule has 0 heterocycles. The van der Waals surface area contributed by atoms with E-state index in [1.807, 2.05) is 0 Å².